The maximum Gasteiger partial charge on any atom is 0.270 e. The van der Waals surface area contributed by atoms with Gasteiger partial charge in [-0.3, -0.25) is 19.7 Å². The Balaban J connectivity index is 1.72. The molecule has 1 fully saturated rings. The molecule has 1 saturated heterocycles. The Kier molecular flexibility index (Phi) is 6.16. The van der Waals surface area contributed by atoms with Crippen molar-refractivity contribution in [1.82, 2.24) is 9.88 Å². The van der Waals surface area contributed by atoms with Gasteiger partial charge in [0.25, 0.3) is 17.5 Å². The van der Waals surface area contributed by atoms with Crippen molar-refractivity contribution in [2.24, 2.45) is 0 Å². The number of aromatic nitrogens is 1. The van der Waals surface area contributed by atoms with Crippen LogP contribution in [-0.2, 0) is 0 Å². The number of fused-ring (bicyclic) bond motifs is 1. The first-order chi connectivity index (χ1) is 15.9. The molecule has 10 nitrogen and oxygen atoms in total. The van der Waals surface area contributed by atoms with E-state index in [1.165, 1.54) is 32.5 Å². The number of carbonyl (C=O) groups excluding carboxylic acids is 2. The number of hydrogen-bond donors (Lipinski definition) is 2. The van der Waals surface area contributed by atoms with Crippen molar-refractivity contribution < 1.29 is 24.0 Å². The number of benzene rings is 2. The molecule has 172 valence electrons. The third kappa shape index (κ3) is 4.32. The Hall–Kier alpha value is -4.08. The summed E-state index contributed by atoms with van der Waals surface area (Å²) in [4.78, 5) is 41.8. The first-order valence-electron chi connectivity index (χ1n) is 10.5. The maximum atomic E-state index is 13.3. The molecule has 1 aliphatic rings. The molecule has 1 aliphatic heterocycles. The highest BCUT2D eigenvalue weighted by Crippen LogP contribution is 2.35. The number of carbonyl (C=O) groups is 2. The van der Waals surface area contributed by atoms with Crippen LogP contribution in [0.2, 0.25) is 0 Å². The first kappa shape index (κ1) is 22.1. The Morgan fingerprint density at radius 3 is 2.39 bits per heavy atom. The van der Waals surface area contributed by atoms with Crippen molar-refractivity contribution in [2.75, 3.05) is 32.6 Å². The summed E-state index contributed by atoms with van der Waals surface area (Å²) >= 11 is 0. The van der Waals surface area contributed by atoms with Crippen molar-refractivity contribution >= 4 is 34.1 Å². The molecule has 0 unspecified atom stereocenters. The largest absolute Gasteiger partial charge is 0.493 e. The Morgan fingerprint density at radius 2 is 1.73 bits per heavy atom. The van der Waals surface area contributed by atoms with Crippen LogP contribution < -0.4 is 14.8 Å². The van der Waals surface area contributed by atoms with Gasteiger partial charge >= 0.3 is 0 Å². The van der Waals surface area contributed by atoms with E-state index in [0.29, 0.717) is 35.5 Å². The summed E-state index contributed by atoms with van der Waals surface area (Å²) in [5, 5.41) is 14.4. The standard InChI is InChI=1S/C23H24N4O6/c1-32-20-11-16(23(29)26-8-4-3-5-9-26)19(12-21(20)33-2)25-22(28)17-13-24-18-7-6-14(27(30)31)10-15(17)18/h6-7,10-13,24H,3-5,8-9H2,1-2H3,(H,25,28). The normalized spacial score (nSPS) is 13.6. The molecule has 0 aliphatic carbocycles. The molecule has 2 amide bonds. The summed E-state index contributed by atoms with van der Waals surface area (Å²) in [5.74, 6) is 0.0123. The van der Waals surface area contributed by atoms with E-state index in [-0.39, 0.29) is 28.4 Å². The number of rotatable bonds is 6. The molecule has 0 saturated carbocycles. The number of nitro groups is 1. The van der Waals surface area contributed by atoms with Crippen LogP contribution in [0.15, 0.2) is 36.5 Å². The van der Waals surface area contributed by atoms with Crippen LogP contribution in [0, 0.1) is 10.1 Å². The van der Waals surface area contributed by atoms with Crippen molar-refractivity contribution in [2.45, 2.75) is 19.3 Å². The fourth-order valence-corrected chi connectivity index (χ4v) is 4.03. The molecule has 10 heteroatoms. The zero-order chi connectivity index (χ0) is 23.5. The Morgan fingerprint density at radius 1 is 1.03 bits per heavy atom. The highest BCUT2D eigenvalue weighted by Gasteiger charge is 2.25. The number of hydrogen-bond acceptors (Lipinski definition) is 6. The van der Waals surface area contributed by atoms with Crippen LogP contribution in [0.5, 0.6) is 11.5 Å². The highest BCUT2D eigenvalue weighted by molar-refractivity contribution is 6.15. The number of aromatic amines is 1. The van der Waals surface area contributed by atoms with Crippen molar-refractivity contribution in [1.29, 1.82) is 0 Å². The minimum absolute atomic E-state index is 0.122. The van der Waals surface area contributed by atoms with Gasteiger partial charge in [0, 0.05) is 48.4 Å². The average molecular weight is 452 g/mol. The second kappa shape index (κ2) is 9.19. The molecule has 33 heavy (non-hydrogen) atoms. The minimum Gasteiger partial charge on any atom is -0.493 e. The number of nitro benzene ring substituents is 1. The Labute approximate surface area is 189 Å². The molecule has 0 spiro atoms. The van der Waals surface area contributed by atoms with Gasteiger partial charge in [-0.15, -0.1) is 0 Å². The SMILES string of the molecule is COc1cc(NC(=O)c2c[nH]c3ccc([N+](=O)[O-])cc23)c(C(=O)N2CCCCC2)cc1OC. The minimum atomic E-state index is -0.516. The fraction of sp³-hybridized carbons (Fsp3) is 0.304. The van der Waals surface area contributed by atoms with Crippen LogP contribution in [0.25, 0.3) is 10.9 Å². The number of likely N-dealkylation sites (tertiary alicyclic amines) is 1. The molecule has 0 radical (unpaired) electrons. The number of H-pyrrole nitrogens is 1. The predicted octanol–water partition coefficient (Wildman–Crippen LogP) is 3.97. The van der Waals surface area contributed by atoms with Gasteiger partial charge in [-0.1, -0.05) is 0 Å². The zero-order valence-corrected chi connectivity index (χ0v) is 18.3. The van der Waals surface area contributed by atoms with Crippen LogP contribution in [-0.4, -0.2) is 53.9 Å². The predicted molar refractivity (Wildman–Crippen MR) is 122 cm³/mol. The lowest BCUT2D eigenvalue weighted by molar-refractivity contribution is -0.384. The molecule has 2 heterocycles. The third-order valence-electron chi connectivity index (χ3n) is 5.77. The quantitative estimate of drug-likeness (QED) is 0.430. The number of methoxy groups -OCH3 is 2. The number of ether oxygens (including phenoxy) is 2. The number of nitrogens with zero attached hydrogens (tertiary/aromatic N) is 2. The summed E-state index contributed by atoms with van der Waals surface area (Å²) in [6.07, 6.45) is 4.41. The van der Waals surface area contributed by atoms with Crippen molar-refractivity contribution in [3.8, 4) is 11.5 Å². The first-order valence-corrected chi connectivity index (χ1v) is 10.5. The molecular formula is C23H24N4O6. The monoisotopic (exact) mass is 452 g/mol. The average Bonchev–Trinajstić information content (AvgIpc) is 3.27. The van der Waals surface area contributed by atoms with Crippen LogP contribution in [0.4, 0.5) is 11.4 Å². The van der Waals surface area contributed by atoms with Crippen molar-refractivity contribution in [3.63, 3.8) is 0 Å². The summed E-state index contributed by atoms with van der Waals surface area (Å²) in [7, 11) is 2.94. The van der Waals surface area contributed by atoms with E-state index in [2.05, 4.69) is 10.3 Å². The zero-order valence-electron chi connectivity index (χ0n) is 18.3. The van der Waals surface area contributed by atoms with Gasteiger partial charge in [0.15, 0.2) is 11.5 Å². The van der Waals surface area contributed by atoms with Crippen molar-refractivity contribution in [3.05, 3.63) is 57.8 Å². The van der Waals surface area contributed by atoms with E-state index in [4.69, 9.17) is 9.47 Å². The molecule has 2 aromatic carbocycles. The smallest absolute Gasteiger partial charge is 0.270 e. The van der Waals surface area contributed by atoms with Gasteiger partial charge in [-0.2, -0.15) is 0 Å². The van der Waals surface area contributed by atoms with Crippen LogP contribution >= 0.6 is 0 Å². The van der Waals surface area contributed by atoms with E-state index in [9.17, 15) is 19.7 Å². The third-order valence-corrected chi connectivity index (χ3v) is 5.77. The summed E-state index contributed by atoms with van der Waals surface area (Å²) in [6, 6.07) is 7.36. The van der Waals surface area contributed by atoms with Gasteiger partial charge in [0.2, 0.25) is 0 Å². The molecule has 3 aromatic rings. The molecule has 2 N–H and O–H groups in total. The lowest BCUT2D eigenvalue weighted by Crippen LogP contribution is -2.36. The van der Waals surface area contributed by atoms with E-state index in [0.717, 1.165) is 19.3 Å². The molecular weight excluding hydrogens is 428 g/mol. The molecule has 1 aromatic heterocycles. The van der Waals surface area contributed by atoms with E-state index >= 15 is 0 Å². The van der Waals surface area contributed by atoms with E-state index < -0.39 is 10.8 Å². The second-order valence-corrected chi connectivity index (χ2v) is 7.75. The molecule has 0 bridgehead atoms. The van der Waals surface area contributed by atoms with Gasteiger partial charge < -0.3 is 24.7 Å². The topological polar surface area (TPSA) is 127 Å². The highest BCUT2D eigenvalue weighted by atomic mass is 16.6. The number of piperidine rings is 1. The number of anilines is 1. The van der Waals surface area contributed by atoms with Gasteiger partial charge in [-0.25, -0.2) is 0 Å². The number of non-ortho nitro benzene ring substituents is 1. The summed E-state index contributed by atoms with van der Waals surface area (Å²) in [5.41, 5.74) is 1.24. The van der Waals surface area contributed by atoms with Gasteiger partial charge in [0.05, 0.1) is 36.0 Å². The van der Waals surface area contributed by atoms with E-state index in [1.807, 2.05) is 0 Å². The molecule has 0 atom stereocenters. The van der Waals surface area contributed by atoms with Gasteiger partial charge in [-0.05, 0) is 31.4 Å². The molecule has 4 rings (SSSR count). The summed E-state index contributed by atoms with van der Waals surface area (Å²) in [6.45, 7) is 1.29. The number of amides is 2. The fourth-order valence-electron chi connectivity index (χ4n) is 4.03. The van der Waals surface area contributed by atoms with Crippen LogP contribution in [0.3, 0.4) is 0 Å². The maximum absolute atomic E-state index is 13.3. The lowest BCUT2D eigenvalue weighted by Gasteiger charge is -2.28. The summed E-state index contributed by atoms with van der Waals surface area (Å²) < 4.78 is 10.7. The van der Waals surface area contributed by atoms with Crippen LogP contribution in [0.1, 0.15) is 40.0 Å². The number of nitrogens with one attached hydrogen (secondary N) is 2. The van der Waals surface area contributed by atoms with E-state index in [1.54, 1.807) is 23.1 Å². The Bertz CT molecular complexity index is 1230. The van der Waals surface area contributed by atoms with Gasteiger partial charge in [0.1, 0.15) is 0 Å². The second-order valence-electron chi connectivity index (χ2n) is 7.75. The lowest BCUT2D eigenvalue weighted by atomic mass is 10.1.